The van der Waals surface area contributed by atoms with Crippen molar-refractivity contribution in [2.24, 2.45) is 0 Å². The molecule has 0 bridgehead atoms. The third-order valence-electron chi connectivity index (χ3n) is 3.87. The van der Waals surface area contributed by atoms with Gasteiger partial charge in [-0.3, -0.25) is 0 Å². The van der Waals surface area contributed by atoms with Crippen molar-refractivity contribution in [1.82, 2.24) is 5.32 Å². The molecule has 1 N–H and O–H groups in total. The average molecular weight is 247 g/mol. The van der Waals surface area contributed by atoms with E-state index in [-0.39, 0.29) is 0 Å². The molecule has 98 valence electrons. The monoisotopic (exact) mass is 247 g/mol. The van der Waals surface area contributed by atoms with Gasteiger partial charge in [0.15, 0.2) is 11.5 Å². The summed E-state index contributed by atoms with van der Waals surface area (Å²) in [6, 6.07) is 4.99. The molecule has 1 aromatic carbocycles. The second-order valence-electron chi connectivity index (χ2n) is 5.12. The van der Waals surface area contributed by atoms with Crippen LogP contribution in [0.1, 0.15) is 30.9 Å². The van der Waals surface area contributed by atoms with Crippen LogP contribution >= 0.6 is 0 Å². The summed E-state index contributed by atoms with van der Waals surface area (Å²) in [4.78, 5) is 0. The van der Waals surface area contributed by atoms with E-state index in [0.29, 0.717) is 19.3 Å². The Balaban J connectivity index is 1.86. The van der Waals surface area contributed by atoms with Gasteiger partial charge >= 0.3 is 0 Å². The predicted molar refractivity (Wildman–Crippen MR) is 71.5 cm³/mol. The van der Waals surface area contributed by atoms with Gasteiger partial charge in [0.1, 0.15) is 13.2 Å². The van der Waals surface area contributed by atoms with Crippen molar-refractivity contribution < 1.29 is 9.47 Å². The molecule has 2 aliphatic rings. The second kappa shape index (κ2) is 5.19. The van der Waals surface area contributed by atoms with Gasteiger partial charge in [-0.1, -0.05) is 6.92 Å². The molecule has 1 atom stereocenters. The summed E-state index contributed by atoms with van der Waals surface area (Å²) in [5.74, 6) is 1.84. The SMILES string of the molecule is CCc1cc2c(cc1CC1CCCN1)OCCO2. The van der Waals surface area contributed by atoms with Gasteiger partial charge in [0.25, 0.3) is 0 Å². The molecule has 1 saturated heterocycles. The zero-order chi connectivity index (χ0) is 12.4. The summed E-state index contributed by atoms with van der Waals surface area (Å²) >= 11 is 0. The number of aryl methyl sites for hydroxylation is 1. The Hall–Kier alpha value is -1.22. The minimum atomic E-state index is 0.637. The molecule has 0 saturated carbocycles. The van der Waals surface area contributed by atoms with E-state index in [1.165, 1.54) is 24.0 Å². The largest absolute Gasteiger partial charge is 0.486 e. The summed E-state index contributed by atoms with van der Waals surface area (Å²) in [6.07, 6.45) is 4.76. The number of nitrogens with one attached hydrogen (secondary N) is 1. The van der Waals surface area contributed by atoms with Crippen LogP contribution in [0.3, 0.4) is 0 Å². The number of fused-ring (bicyclic) bond motifs is 1. The van der Waals surface area contributed by atoms with Gasteiger partial charge in [0, 0.05) is 6.04 Å². The lowest BCUT2D eigenvalue weighted by Crippen LogP contribution is -2.24. The molecule has 18 heavy (non-hydrogen) atoms. The first-order valence-corrected chi connectivity index (χ1v) is 7.01. The Labute approximate surface area is 108 Å². The van der Waals surface area contributed by atoms with Crippen LogP contribution in [0, 0.1) is 0 Å². The highest BCUT2D eigenvalue weighted by molar-refractivity contribution is 5.48. The van der Waals surface area contributed by atoms with Gasteiger partial charge in [-0.25, -0.2) is 0 Å². The molecule has 1 unspecified atom stereocenters. The van der Waals surface area contributed by atoms with E-state index in [4.69, 9.17) is 9.47 Å². The summed E-state index contributed by atoms with van der Waals surface area (Å²) in [5.41, 5.74) is 2.81. The maximum atomic E-state index is 5.68. The fourth-order valence-corrected chi connectivity index (χ4v) is 2.89. The van der Waals surface area contributed by atoms with E-state index in [1.807, 2.05) is 0 Å². The third-order valence-corrected chi connectivity index (χ3v) is 3.87. The normalized spacial score (nSPS) is 22.2. The highest BCUT2D eigenvalue weighted by Crippen LogP contribution is 2.34. The maximum absolute atomic E-state index is 5.68. The molecule has 0 aromatic heterocycles. The van der Waals surface area contributed by atoms with Crippen LogP contribution in [-0.2, 0) is 12.8 Å². The van der Waals surface area contributed by atoms with Crippen LogP contribution in [0.15, 0.2) is 12.1 Å². The topological polar surface area (TPSA) is 30.5 Å². The predicted octanol–water partition coefficient (Wildman–Crippen LogP) is 2.31. The van der Waals surface area contributed by atoms with Gasteiger partial charge in [-0.2, -0.15) is 0 Å². The molecule has 1 fully saturated rings. The lowest BCUT2D eigenvalue weighted by Gasteiger charge is -2.22. The quantitative estimate of drug-likeness (QED) is 0.889. The zero-order valence-corrected chi connectivity index (χ0v) is 11.0. The minimum Gasteiger partial charge on any atom is -0.486 e. The van der Waals surface area contributed by atoms with Crippen molar-refractivity contribution in [3.8, 4) is 11.5 Å². The number of rotatable bonds is 3. The summed E-state index contributed by atoms with van der Waals surface area (Å²) < 4.78 is 11.3. The maximum Gasteiger partial charge on any atom is 0.161 e. The summed E-state index contributed by atoms with van der Waals surface area (Å²) in [7, 11) is 0. The molecule has 3 heteroatoms. The van der Waals surface area contributed by atoms with Crippen LogP contribution in [0.5, 0.6) is 11.5 Å². The molecule has 0 aliphatic carbocycles. The molecule has 0 amide bonds. The van der Waals surface area contributed by atoms with Crippen molar-refractivity contribution in [2.75, 3.05) is 19.8 Å². The van der Waals surface area contributed by atoms with E-state index < -0.39 is 0 Å². The van der Waals surface area contributed by atoms with Crippen LogP contribution in [-0.4, -0.2) is 25.8 Å². The third kappa shape index (κ3) is 2.32. The molecule has 3 nitrogen and oxygen atoms in total. The number of hydrogen-bond acceptors (Lipinski definition) is 3. The Morgan fingerprint density at radius 1 is 1.17 bits per heavy atom. The first kappa shape index (κ1) is 11.8. The Kier molecular flexibility index (Phi) is 3.41. The highest BCUT2D eigenvalue weighted by Gasteiger charge is 2.19. The molecular formula is C15H21NO2. The van der Waals surface area contributed by atoms with Gasteiger partial charge in [-0.15, -0.1) is 0 Å². The lowest BCUT2D eigenvalue weighted by atomic mass is 9.97. The van der Waals surface area contributed by atoms with Crippen molar-refractivity contribution >= 4 is 0 Å². The van der Waals surface area contributed by atoms with Gasteiger partial charge < -0.3 is 14.8 Å². The van der Waals surface area contributed by atoms with Crippen LogP contribution in [0.4, 0.5) is 0 Å². The summed E-state index contributed by atoms with van der Waals surface area (Å²) in [5, 5.41) is 3.56. The van der Waals surface area contributed by atoms with E-state index in [9.17, 15) is 0 Å². The lowest BCUT2D eigenvalue weighted by molar-refractivity contribution is 0.171. The van der Waals surface area contributed by atoms with Crippen LogP contribution in [0.2, 0.25) is 0 Å². The molecule has 0 radical (unpaired) electrons. The van der Waals surface area contributed by atoms with Gasteiger partial charge in [0.05, 0.1) is 0 Å². The number of ether oxygens (including phenoxy) is 2. The highest BCUT2D eigenvalue weighted by atomic mass is 16.6. The second-order valence-corrected chi connectivity index (χ2v) is 5.12. The van der Waals surface area contributed by atoms with Gasteiger partial charge in [0.2, 0.25) is 0 Å². The fraction of sp³-hybridized carbons (Fsp3) is 0.600. The molecule has 1 aromatic rings. The molecular weight excluding hydrogens is 226 g/mol. The van der Waals surface area contributed by atoms with E-state index in [1.54, 1.807) is 0 Å². The van der Waals surface area contributed by atoms with Crippen LogP contribution < -0.4 is 14.8 Å². The van der Waals surface area contributed by atoms with Crippen molar-refractivity contribution in [3.63, 3.8) is 0 Å². The first-order chi connectivity index (χ1) is 8.86. The Morgan fingerprint density at radius 2 is 1.89 bits per heavy atom. The van der Waals surface area contributed by atoms with E-state index in [2.05, 4.69) is 24.4 Å². The number of hydrogen-bond donors (Lipinski definition) is 1. The minimum absolute atomic E-state index is 0.637. The molecule has 0 spiro atoms. The number of benzene rings is 1. The van der Waals surface area contributed by atoms with Crippen molar-refractivity contribution in [2.45, 2.75) is 38.6 Å². The average Bonchev–Trinajstić information content (AvgIpc) is 2.91. The van der Waals surface area contributed by atoms with Crippen molar-refractivity contribution in [3.05, 3.63) is 23.3 Å². The Bertz CT molecular complexity index is 425. The first-order valence-electron chi connectivity index (χ1n) is 7.01. The Morgan fingerprint density at radius 3 is 2.50 bits per heavy atom. The molecule has 2 aliphatic heterocycles. The van der Waals surface area contributed by atoms with Crippen molar-refractivity contribution in [1.29, 1.82) is 0 Å². The van der Waals surface area contributed by atoms with E-state index in [0.717, 1.165) is 30.9 Å². The molecule has 2 heterocycles. The zero-order valence-electron chi connectivity index (χ0n) is 11.0. The van der Waals surface area contributed by atoms with Crippen LogP contribution in [0.25, 0.3) is 0 Å². The van der Waals surface area contributed by atoms with E-state index >= 15 is 0 Å². The summed E-state index contributed by atoms with van der Waals surface area (Å²) in [6.45, 7) is 4.70. The molecule has 3 rings (SSSR count). The van der Waals surface area contributed by atoms with Gasteiger partial charge in [-0.05, 0) is 55.5 Å². The standard InChI is InChI=1S/C15H21NO2/c1-2-11-9-14-15(18-7-6-17-14)10-12(11)8-13-4-3-5-16-13/h9-10,13,16H,2-8H2,1H3. The smallest absolute Gasteiger partial charge is 0.161 e. The fourth-order valence-electron chi connectivity index (χ4n) is 2.89.